The van der Waals surface area contributed by atoms with Crippen LogP contribution in [0.4, 0.5) is 4.79 Å². The summed E-state index contributed by atoms with van der Waals surface area (Å²) < 4.78 is 5.55. The molecular formula is C19H32N2O4S2. The first kappa shape index (κ1) is 22.4. The van der Waals surface area contributed by atoms with Crippen LogP contribution in [0, 0.1) is 11.8 Å². The van der Waals surface area contributed by atoms with Crippen molar-refractivity contribution in [2.24, 2.45) is 11.8 Å². The molecule has 0 aromatic heterocycles. The summed E-state index contributed by atoms with van der Waals surface area (Å²) in [7, 11) is 0. The average Bonchev–Trinajstić information content (AvgIpc) is 3.17. The van der Waals surface area contributed by atoms with Gasteiger partial charge < -0.3 is 20.2 Å². The van der Waals surface area contributed by atoms with Crippen LogP contribution in [0.25, 0.3) is 0 Å². The van der Waals surface area contributed by atoms with Crippen molar-refractivity contribution in [1.82, 2.24) is 10.6 Å². The zero-order valence-corrected chi connectivity index (χ0v) is 17.9. The lowest BCUT2D eigenvalue weighted by Gasteiger charge is -2.30. The molecule has 0 aromatic carbocycles. The molecule has 2 fully saturated rings. The van der Waals surface area contributed by atoms with Gasteiger partial charge in [0.15, 0.2) is 0 Å². The first-order chi connectivity index (χ1) is 13.0. The minimum absolute atomic E-state index is 0.0906. The van der Waals surface area contributed by atoms with Gasteiger partial charge in [0.05, 0.1) is 17.2 Å². The number of carbonyl (C=O) groups excluding carboxylic acids is 3. The fourth-order valence-corrected chi connectivity index (χ4v) is 6.39. The van der Waals surface area contributed by atoms with E-state index in [9.17, 15) is 14.4 Å². The quantitative estimate of drug-likeness (QED) is 0.562. The molecule has 1 aliphatic carbocycles. The number of alkyl carbamates (subject to hydrolysis) is 1. The summed E-state index contributed by atoms with van der Waals surface area (Å²) in [4.78, 5) is 36.5. The van der Waals surface area contributed by atoms with Crippen LogP contribution in [0.5, 0.6) is 0 Å². The van der Waals surface area contributed by atoms with E-state index in [1.165, 1.54) is 0 Å². The van der Waals surface area contributed by atoms with Gasteiger partial charge in [0.1, 0.15) is 12.3 Å². The molecule has 154 valence electrons. The molecule has 6 nitrogen and oxygen atoms in total. The van der Waals surface area contributed by atoms with E-state index < -0.39 is 18.2 Å². The molecule has 1 heterocycles. The van der Waals surface area contributed by atoms with Gasteiger partial charge in [-0.25, -0.2) is 4.79 Å². The predicted octanol–water partition coefficient (Wildman–Crippen LogP) is 3.20. The summed E-state index contributed by atoms with van der Waals surface area (Å²) in [6.07, 6.45) is 5.97. The Bertz CT molecular complexity index is 492. The molecule has 2 atom stereocenters. The van der Waals surface area contributed by atoms with E-state index in [-0.39, 0.29) is 17.7 Å². The molecule has 0 aromatic rings. The number of hydrogen-bond donors (Lipinski definition) is 2. The second kappa shape index (κ2) is 11.8. The maximum atomic E-state index is 12.9. The molecular weight excluding hydrogens is 384 g/mol. The largest absolute Gasteiger partial charge is 0.449 e. The standard InChI is InChI=1S/C19H32N2O4S2/c1-13(2)12-25-19(24)21-17(14-6-4-3-5-7-14)18(23)20-15(11-22)10-16-26-8-9-27-16/h11,13-17H,3-10,12H2,1-2H3,(H,20,23)(H,21,24)/t15-,17-/m0/s1. The number of hydrogen-bond acceptors (Lipinski definition) is 6. The van der Waals surface area contributed by atoms with Crippen molar-refractivity contribution in [3.05, 3.63) is 0 Å². The average molecular weight is 417 g/mol. The summed E-state index contributed by atoms with van der Waals surface area (Å²) in [5.41, 5.74) is 0. The summed E-state index contributed by atoms with van der Waals surface area (Å²) >= 11 is 3.67. The fraction of sp³-hybridized carbons (Fsp3) is 0.842. The molecule has 27 heavy (non-hydrogen) atoms. The Hall–Kier alpha value is -0.890. The lowest BCUT2D eigenvalue weighted by Crippen LogP contribution is -2.54. The van der Waals surface area contributed by atoms with Crippen LogP contribution in [0.3, 0.4) is 0 Å². The van der Waals surface area contributed by atoms with Gasteiger partial charge in [0.25, 0.3) is 0 Å². The van der Waals surface area contributed by atoms with Crippen LogP contribution in [0.2, 0.25) is 0 Å². The van der Waals surface area contributed by atoms with Crippen molar-refractivity contribution in [2.75, 3.05) is 18.1 Å². The third-order valence-electron chi connectivity index (χ3n) is 4.85. The molecule has 0 unspecified atom stereocenters. The molecule has 2 amide bonds. The van der Waals surface area contributed by atoms with Crippen LogP contribution in [-0.4, -0.2) is 53.1 Å². The molecule has 8 heteroatoms. The third kappa shape index (κ3) is 7.94. The second-order valence-corrected chi connectivity index (χ2v) is 10.6. The first-order valence-corrected chi connectivity index (χ1v) is 12.0. The van der Waals surface area contributed by atoms with E-state index in [2.05, 4.69) is 10.6 Å². The monoisotopic (exact) mass is 416 g/mol. The molecule has 2 N–H and O–H groups in total. The molecule has 1 saturated carbocycles. The maximum Gasteiger partial charge on any atom is 0.407 e. The summed E-state index contributed by atoms with van der Waals surface area (Å²) in [6, 6.07) is -1.16. The van der Waals surface area contributed by atoms with Crippen molar-refractivity contribution < 1.29 is 19.1 Å². The van der Waals surface area contributed by atoms with Crippen LogP contribution in [-0.2, 0) is 14.3 Å². The Morgan fingerprint density at radius 3 is 2.37 bits per heavy atom. The first-order valence-electron chi connectivity index (χ1n) is 9.91. The van der Waals surface area contributed by atoms with E-state index in [0.29, 0.717) is 17.6 Å². The number of aldehydes is 1. The number of thioether (sulfide) groups is 2. The zero-order chi connectivity index (χ0) is 19.6. The molecule has 2 aliphatic rings. The van der Waals surface area contributed by atoms with Gasteiger partial charge in [-0.2, -0.15) is 0 Å². The van der Waals surface area contributed by atoms with E-state index in [0.717, 1.165) is 49.9 Å². The Morgan fingerprint density at radius 2 is 1.78 bits per heavy atom. The van der Waals surface area contributed by atoms with Gasteiger partial charge in [-0.1, -0.05) is 33.1 Å². The molecule has 0 radical (unpaired) electrons. The van der Waals surface area contributed by atoms with Crippen molar-refractivity contribution in [1.29, 1.82) is 0 Å². The summed E-state index contributed by atoms with van der Waals surface area (Å²) in [5, 5.41) is 5.62. The molecule has 1 saturated heterocycles. The van der Waals surface area contributed by atoms with Gasteiger partial charge in [-0.05, 0) is 31.1 Å². The molecule has 0 bridgehead atoms. The van der Waals surface area contributed by atoms with E-state index in [1.54, 1.807) is 0 Å². The van der Waals surface area contributed by atoms with Crippen LogP contribution < -0.4 is 10.6 Å². The number of amides is 2. The highest BCUT2D eigenvalue weighted by atomic mass is 32.2. The zero-order valence-electron chi connectivity index (χ0n) is 16.3. The highest BCUT2D eigenvalue weighted by molar-refractivity contribution is 8.20. The number of ether oxygens (including phenoxy) is 1. The van der Waals surface area contributed by atoms with Gasteiger partial charge >= 0.3 is 6.09 Å². The fourth-order valence-electron chi connectivity index (χ4n) is 3.45. The number of carbonyl (C=O) groups is 3. The number of rotatable bonds is 9. The predicted molar refractivity (Wildman–Crippen MR) is 111 cm³/mol. The van der Waals surface area contributed by atoms with E-state index >= 15 is 0 Å². The van der Waals surface area contributed by atoms with Gasteiger partial charge in [-0.15, -0.1) is 23.5 Å². The number of nitrogens with one attached hydrogen (secondary N) is 2. The molecule has 2 rings (SSSR count). The topological polar surface area (TPSA) is 84.5 Å². The Kier molecular flexibility index (Phi) is 9.82. The van der Waals surface area contributed by atoms with E-state index in [4.69, 9.17) is 4.74 Å². The smallest absolute Gasteiger partial charge is 0.407 e. The Labute approximate surface area is 170 Å². The summed E-state index contributed by atoms with van der Waals surface area (Å²) in [5.74, 6) is 2.23. The third-order valence-corrected chi connectivity index (χ3v) is 7.94. The minimum Gasteiger partial charge on any atom is -0.449 e. The highest BCUT2D eigenvalue weighted by Crippen LogP contribution is 2.35. The van der Waals surface area contributed by atoms with Gasteiger partial charge in [0.2, 0.25) is 5.91 Å². The second-order valence-electron chi connectivity index (χ2n) is 7.67. The lowest BCUT2D eigenvalue weighted by atomic mass is 9.83. The van der Waals surface area contributed by atoms with Crippen molar-refractivity contribution >= 4 is 41.8 Å². The van der Waals surface area contributed by atoms with Crippen molar-refractivity contribution in [3.8, 4) is 0 Å². The Balaban J connectivity index is 1.95. The van der Waals surface area contributed by atoms with Gasteiger partial charge in [-0.3, -0.25) is 4.79 Å². The SMILES string of the molecule is CC(C)COC(=O)N[C@H](C(=O)N[C@H](C=O)CC1SCCS1)C1CCCCC1. The summed E-state index contributed by atoms with van der Waals surface area (Å²) in [6.45, 7) is 4.25. The normalized spacial score (nSPS) is 20.9. The molecule has 1 aliphatic heterocycles. The minimum atomic E-state index is -0.642. The van der Waals surface area contributed by atoms with Crippen molar-refractivity contribution in [3.63, 3.8) is 0 Å². The maximum absolute atomic E-state index is 12.9. The lowest BCUT2D eigenvalue weighted by molar-refractivity contribution is -0.127. The Morgan fingerprint density at radius 1 is 1.11 bits per heavy atom. The van der Waals surface area contributed by atoms with Gasteiger partial charge in [0, 0.05) is 11.5 Å². The van der Waals surface area contributed by atoms with E-state index in [1.807, 2.05) is 37.4 Å². The molecule has 0 spiro atoms. The van der Waals surface area contributed by atoms with Crippen LogP contribution >= 0.6 is 23.5 Å². The van der Waals surface area contributed by atoms with Crippen LogP contribution in [0.15, 0.2) is 0 Å². The van der Waals surface area contributed by atoms with Crippen molar-refractivity contribution in [2.45, 2.75) is 69.0 Å². The van der Waals surface area contributed by atoms with Crippen LogP contribution in [0.1, 0.15) is 52.4 Å². The highest BCUT2D eigenvalue weighted by Gasteiger charge is 2.33.